The highest BCUT2D eigenvalue weighted by Gasteiger charge is 2.16. The molecule has 0 bridgehead atoms. The van der Waals surface area contributed by atoms with Gasteiger partial charge in [-0.2, -0.15) is 0 Å². The number of nitrogens with one attached hydrogen (secondary N) is 1. The van der Waals surface area contributed by atoms with Crippen molar-refractivity contribution in [3.8, 4) is 0 Å². The van der Waals surface area contributed by atoms with Gasteiger partial charge in [0.2, 0.25) is 0 Å². The van der Waals surface area contributed by atoms with Crippen LogP contribution in [0.5, 0.6) is 0 Å². The quantitative estimate of drug-likeness (QED) is 0.543. The summed E-state index contributed by atoms with van der Waals surface area (Å²) in [5.41, 5.74) is 3.73. The number of amides is 1. The summed E-state index contributed by atoms with van der Waals surface area (Å²) >= 11 is 7.74. The van der Waals surface area contributed by atoms with Gasteiger partial charge in [-0.15, -0.1) is 11.3 Å². The van der Waals surface area contributed by atoms with E-state index in [1.54, 1.807) is 23.7 Å². The molecule has 0 radical (unpaired) electrons. The molecule has 1 amide bonds. The van der Waals surface area contributed by atoms with Gasteiger partial charge in [-0.3, -0.25) is 9.78 Å². The van der Waals surface area contributed by atoms with Gasteiger partial charge in [-0.25, -0.2) is 0 Å². The number of rotatable bonds is 5. The number of benzene rings is 1. The number of aromatic nitrogens is 2. The number of halogens is 1. The predicted octanol–water partition coefficient (Wildman–Crippen LogP) is 4.73. The summed E-state index contributed by atoms with van der Waals surface area (Å²) in [5, 5.41) is 5.71. The molecule has 1 N–H and O–H groups in total. The maximum absolute atomic E-state index is 12.8. The molecule has 0 unspecified atom stereocenters. The number of fused-ring (bicyclic) bond motifs is 1. The average molecular weight is 382 g/mol. The van der Waals surface area contributed by atoms with Crippen molar-refractivity contribution in [1.29, 1.82) is 0 Å². The van der Waals surface area contributed by atoms with Crippen molar-refractivity contribution in [2.24, 2.45) is 0 Å². The van der Waals surface area contributed by atoms with Crippen LogP contribution in [-0.2, 0) is 13.1 Å². The molecule has 0 aliphatic heterocycles. The molecular formula is C20H16ClN3OS. The number of nitrogens with zero attached hydrogens (tertiary/aromatic N) is 2. The Kier molecular flexibility index (Phi) is 4.73. The first kappa shape index (κ1) is 16.8. The van der Waals surface area contributed by atoms with Crippen molar-refractivity contribution < 1.29 is 4.79 Å². The molecular weight excluding hydrogens is 366 g/mol. The van der Waals surface area contributed by atoms with Crippen LogP contribution >= 0.6 is 22.9 Å². The van der Waals surface area contributed by atoms with Crippen LogP contribution in [0.25, 0.3) is 10.2 Å². The van der Waals surface area contributed by atoms with E-state index in [4.69, 9.17) is 11.6 Å². The normalized spacial score (nSPS) is 11.0. The Morgan fingerprint density at radius 3 is 2.85 bits per heavy atom. The molecule has 4 nitrogen and oxygen atoms in total. The van der Waals surface area contributed by atoms with Crippen LogP contribution in [0.4, 0.5) is 0 Å². The fraction of sp³-hybridized carbons (Fsp3) is 0.100. The second kappa shape index (κ2) is 7.32. The SMILES string of the molecule is O=C(NCc1cccnc1)c1cc2sccc2n1Cc1cccc(Cl)c1. The molecule has 1 aromatic carbocycles. The third-order valence-electron chi connectivity index (χ3n) is 4.16. The molecule has 4 rings (SSSR count). The molecule has 3 aromatic heterocycles. The highest BCUT2D eigenvalue weighted by Crippen LogP contribution is 2.26. The van der Waals surface area contributed by atoms with Crippen molar-refractivity contribution in [2.75, 3.05) is 0 Å². The highest BCUT2D eigenvalue weighted by atomic mass is 35.5. The molecule has 0 aliphatic rings. The Labute approximate surface area is 160 Å². The van der Waals surface area contributed by atoms with Gasteiger partial charge < -0.3 is 9.88 Å². The number of thiophene rings is 1. The Morgan fingerprint density at radius 2 is 2.04 bits per heavy atom. The third kappa shape index (κ3) is 3.49. The van der Waals surface area contributed by atoms with Crippen LogP contribution in [0.3, 0.4) is 0 Å². The number of hydrogen-bond acceptors (Lipinski definition) is 3. The largest absolute Gasteiger partial charge is 0.347 e. The van der Waals surface area contributed by atoms with Crippen molar-refractivity contribution >= 4 is 39.1 Å². The smallest absolute Gasteiger partial charge is 0.268 e. The summed E-state index contributed by atoms with van der Waals surface area (Å²) in [6.45, 7) is 1.04. The van der Waals surface area contributed by atoms with Crippen LogP contribution in [0.1, 0.15) is 21.6 Å². The second-order valence-electron chi connectivity index (χ2n) is 5.96. The minimum Gasteiger partial charge on any atom is -0.347 e. The Balaban J connectivity index is 1.62. The molecule has 3 heterocycles. The lowest BCUT2D eigenvalue weighted by atomic mass is 10.2. The second-order valence-corrected chi connectivity index (χ2v) is 7.34. The standard InChI is InChI=1S/C20H16ClN3OS/c21-16-5-1-3-14(9-16)13-24-17-6-8-26-19(17)10-18(24)20(25)23-12-15-4-2-7-22-11-15/h1-11H,12-13H2,(H,23,25). The zero-order chi connectivity index (χ0) is 17.9. The zero-order valence-corrected chi connectivity index (χ0v) is 15.4. The maximum atomic E-state index is 12.8. The van der Waals surface area contributed by atoms with E-state index < -0.39 is 0 Å². The first-order valence-corrected chi connectivity index (χ1v) is 9.45. The molecule has 0 aliphatic carbocycles. The zero-order valence-electron chi connectivity index (χ0n) is 13.9. The van der Waals surface area contributed by atoms with Gasteiger partial charge in [-0.05, 0) is 46.8 Å². The fourth-order valence-corrected chi connectivity index (χ4v) is 3.96. The van der Waals surface area contributed by atoms with E-state index in [2.05, 4.69) is 10.3 Å². The Morgan fingerprint density at radius 1 is 1.15 bits per heavy atom. The minimum absolute atomic E-state index is 0.0979. The molecule has 4 aromatic rings. The van der Waals surface area contributed by atoms with E-state index in [0.717, 1.165) is 21.3 Å². The van der Waals surface area contributed by atoms with Crippen LogP contribution < -0.4 is 5.32 Å². The average Bonchev–Trinajstić information content (AvgIpc) is 3.23. The summed E-state index contributed by atoms with van der Waals surface area (Å²) in [5.74, 6) is -0.0979. The lowest BCUT2D eigenvalue weighted by molar-refractivity contribution is 0.0942. The molecule has 26 heavy (non-hydrogen) atoms. The van der Waals surface area contributed by atoms with E-state index in [9.17, 15) is 4.79 Å². The number of carbonyl (C=O) groups is 1. The summed E-state index contributed by atoms with van der Waals surface area (Å²) < 4.78 is 3.13. The van der Waals surface area contributed by atoms with Crippen molar-refractivity contribution in [3.05, 3.63) is 88.1 Å². The van der Waals surface area contributed by atoms with Gasteiger partial charge in [0.25, 0.3) is 5.91 Å². The lowest BCUT2D eigenvalue weighted by Gasteiger charge is -2.11. The topological polar surface area (TPSA) is 46.9 Å². The summed E-state index contributed by atoms with van der Waals surface area (Å²) in [4.78, 5) is 16.9. The van der Waals surface area contributed by atoms with E-state index in [1.807, 2.05) is 58.5 Å². The van der Waals surface area contributed by atoms with Crippen molar-refractivity contribution in [2.45, 2.75) is 13.1 Å². The van der Waals surface area contributed by atoms with Gasteiger partial charge in [0.05, 0.1) is 10.2 Å². The highest BCUT2D eigenvalue weighted by molar-refractivity contribution is 7.17. The van der Waals surface area contributed by atoms with E-state index in [1.165, 1.54) is 0 Å². The third-order valence-corrected chi connectivity index (χ3v) is 5.25. The van der Waals surface area contributed by atoms with Crippen molar-refractivity contribution in [3.63, 3.8) is 0 Å². The molecule has 130 valence electrons. The first-order valence-electron chi connectivity index (χ1n) is 8.19. The summed E-state index contributed by atoms with van der Waals surface area (Å²) in [6.07, 6.45) is 3.47. The maximum Gasteiger partial charge on any atom is 0.268 e. The Bertz CT molecular complexity index is 1060. The van der Waals surface area contributed by atoms with Gasteiger partial charge in [-0.1, -0.05) is 29.8 Å². The molecule has 0 saturated carbocycles. The number of hydrogen-bond donors (Lipinski definition) is 1. The number of carbonyl (C=O) groups excluding carboxylic acids is 1. The van der Waals surface area contributed by atoms with E-state index >= 15 is 0 Å². The van der Waals surface area contributed by atoms with Crippen LogP contribution in [-0.4, -0.2) is 15.5 Å². The summed E-state index contributed by atoms with van der Waals surface area (Å²) in [6, 6.07) is 15.5. The van der Waals surface area contributed by atoms with Gasteiger partial charge in [0, 0.05) is 30.5 Å². The summed E-state index contributed by atoms with van der Waals surface area (Å²) in [7, 11) is 0. The minimum atomic E-state index is -0.0979. The first-order chi connectivity index (χ1) is 12.7. The number of pyridine rings is 1. The van der Waals surface area contributed by atoms with Gasteiger partial charge >= 0.3 is 0 Å². The predicted molar refractivity (Wildman–Crippen MR) is 106 cm³/mol. The molecule has 0 saturated heterocycles. The molecule has 6 heteroatoms. The van der Waals surface area contributed by atoms with Gasteiger partial charge in [0.1, 0.15) is 5.69 Å². The van der Waals surface area contributed by atoms with Crippen LogP contribution in [0.2, 0.25) is 5.02 Å². The van der Waals surface area contributed by atoms with E-state index in [-0.39, 0.29) is 5.91 Å². The van der Waals surface area contributed by atoms with Crippen LogP contribution in [0.15, 0.2) is 66.3 Å². The van der Waals surface area contributed by atoms with Gasteiger partial charge in [0.15, 0.2) is 0 Å². The molecule has 0 atom stereocenters. The fourth-order valence-electron chi connectivity index (χ4n) is 2.93. The van der Waals surface area contributed by atoms with E-state index in [0.29, 0.717) is 23.8 Å². The molecule has 0 fully saturated rings. The lowest BCUT2D eigenvalue weighted by Crippen LogP contribution is -2.25. The Hall–Kier alpha value is -2.63. The van der Waals surface area contributed by atoms with Crippen LogP contribution in [0, 0.1) is 0 Å². The molecule has 0 spiro atoms. The van der Waals surface area contributed by atoms with Crippen molar-refractivity contribution in [1.82, 2.24) is 14.9 Å². The monoisotopic (exact) mass is 381 g/mol.